The predicted molar refractivity (Wildman–Crippen MR) is 64.0 cm³/mol. The molecule has 2 aromatic heterocycles. The van der Waals surface area contributed by atoms with E-state index in [4.69, 9.17) is 21.8 Å². The molecule has 0 amide bonds. The lowest BCUT2D eigenvalue weighted by atomic mass is 10.3. The van der Waals surface area contributed by atoms with Crippen molar-refractivity contribution in [2.45, 2.75) is 6.04 Å². The van der Waals surface area contributed by atoms with Crippen LogP contribution >= 0.6 is 22.9 Å². The zero-order valence-electron chi connectivity index (χ0n) is 8.22. The van der Waals surface area contributed by atoms with Crippen LogP contribution in [0.15, 0.2) is 10.8 Å². The average Bonchev–Trinajstić information content (AvgIpc) is 2.73. The van der Waals surface area contributed by atoms with Crippen LogP contribution in [0.4, 0.5) is 5.82 Å². The van der Waals surface area contributed by atoms with Crippen molar-refractivity contribution in [3.8, 4) is 0 Å². The third-order valence-corrected chi connectivity index (χ3v) is 3.00. The highest BCUT2D eigenvalue weighted by atomic mass is 35.5. The van der Waals surface area contributed by atoms with E-state index in [1.165, 1.54) is 11.3 Å². The lowest BCUT2D eigenvalue weighted by Crippen LogP contribution is -2.28. The minimum Gasteiger partial charge on any atom is -0.394 e. The summed E-state index contributed by atoms with van der Waals surface area (Å²) in [4.78, 5) is 8.09. The highest BCUT2D eigenvalue weighted by molar-refractivity contribution is 7.09. The second-order valence-corrected chi connectivity index (χ2v) is 4.30. The molecule has 0 aliphatic heterocycles. The van der Waals surface area contributed by atoms with Crippen LogP contribution in [0.1, 0.15) is 0 Å². The van der Waals surface area contributed by atoms with E-state index >= 15 is 0 Å². The molecule has 0 aromatic carbocycles. The zero-order valence-corrected chi connectivity index (χ0v) is 9.79. The van der Waals surface area contributed by atoms with E-state index in [0.29, 0.717) is 5.82 Å². The summed E-state index contributed by atoms with van der Waals surface area (Å²) in [6, 6.07) is -0.450. The summed E-state index contributed by atoms with van der Waals surface area (Å²) in [5.74, 6) is 0.532. The van der Waals surface area contributed by atoms with Gasteiger partial charge >= 0.3 is 0 Å². The summed E-state index contributed by atoms with van der Waals surface area (Å²) in [6.45, 7) is -0.354. The molecule has 86 valence electrons. The van der Waals surface area contributed by atoms with E-state index in [9.17, 15) is 0 Å². The van der Waals surface area contributed by atoms with Crippen LogP contribution in [0.25, 0.3) is 10.9 Å². The van der Waals surface area contributed by atoms with Gasteiger partial charge in [0, 0.05) is 10.8 Å². The van der Waals surface area contributed by atoms with Gasteiger partial charge in [-0.15, -0.1) is 11.3 Å². The first-order valence-corrected chi connectivity index (χ1v) is 5.94. The van der Waals surface area contributed by atoms with Crippen LogP contribution < -0.4 is 5.32 Å². The van der Waals surface area contributed by atoms with Crippen molar-refractivity contribution in [3.05, 3.63) is 16.0 Å². The first-order chi connectivity index (χ1) is 7.74. The standard InChI is InChI=1S/C9H10ClN3O2S/c10-9-12-7-4-16-3-6(7)8(13-9)11-5(1-14)2-15/h3-5,14-15H,1-2H2,(H,11,12,13). The quantitative estimate of drug-likeness (QED) is 0.717. The minimum atomic E-state index is -0.450. The van der Waals surface area contributed by atoms with Gasteiger partial charge in [0.2, 0.25) is 5.28 Å². The number of aliphatic hydroxyl groups is 2. The van der Waals surface area contributed by atoms with Gasteiger partial charge in [0.05, 0.1) is 30.2 Å². The van der Waals surface area contributed by atoms with Crippen LogP contribution in [-0.2, 0) is 0 Å². The van der Waals surface area contributed by atoms with Crippen LogP contribution in [-0.4, -0.2) is 39.4 Å². The maximum atomic E-state index is 8.98. The summed E-state index contributed by atoms with van der Waals surface area (Å²) in [7, 11) is 0. The fourth-order valence-electron chi connectivity index (χ4n) is 1.28. The molecule has 0 radical (unpaired) electrons. The summed E-state index contributed by atoms with van der Waals surface area (Å²) in [5, 5.41) is 25.6. The van der Waals surface area contributed by atoms with E-state index < -0.39 is 6.04 Å². The molecule has 7 heteroatoms. The Labute approximate surface area is 101 Å². The molecule has 0 fully saturated rings. The Morgan fingerprint density at radius 2 is 2.06 bits per heavy atom. The average molecular weight is 260 g/mol. The van der Waals surface area contributed by atoms with Crippen molar-refractivity contribution in [2.24, 2.45) is 0 Å². The first-order valence-electron chi connectivity index (χ1n) is 4.62. The van der Waals surface area contributed by atoms with Crippen molar-refractivity contribution >= 4 is 39.7 Å². The van der Waals surface area contributed by atoms with Crippen LogP contribution in [0.3, 0.4) is 0 Å². The Morgan fingerprint density at radius 3 is 2.75 bits per heavy atom. The number of hydrogen-bond donors (Lipinski definition) is 3. The molecular formula is C9H10ClN3O2S. The monoisotopic (exact) mass is 259 g/mol. The number of anilines is 1. The van der Waals surface area contributed by atoms with Crippen molar-refractivity contribution in [3.63, 3.8) is 0 Å². The van der Waals surface area contributed by atoms with Gasteiger partial charge in [0.1, 0.15) is 5.82 Å². The van der Waals surface area contributed by atoms with Gasteiger partial charge in [0.25, 0.3) is 0 Å². The number of halogens is 1. The topological polar surface area (TPSA) is 78.3 Å². The summed E-state index contributed by atoms with van der Waals surface area (Å²) in [6.07, 6.45) is 0. The smallest absolute Gasteiger partial charge is 0.224 e. The number of aromatic nitrogens is 2. The minimum absolute atomic E-state index is 0.142. The molecule has 0 atom stereocenters. The number of hydrogen-bond acceptors (Lipinski definition) is 6. The molecule has 0 saturated carbocycles. The van der Waals surface area contributed by atoms with Crippen molar-refractivity contribution < 1.29 is 10.2 Å². The van der Waals surface area contributed by atoms with Crippen molar-refractivity contribution in [2.75, 3.05) is 18.5 Å². The normalized spacial score (nSPS) is 11.2. The highest BCUT2D eigenvalue weighted by Gasteiger charge is 2.11. The number of nitrogens with zero attached hydrogens (tertiary/aromatic N) is 2. The van der Waals surface area contributed by atoms with E-state index in [1.54, 1.807) is 0 Å². The molecule has 0 aliphatic rings. The molecule has 2 aromatic rings. The SMILES string of the molecule is OCC(CO)Nc1nc(Cl)nc2cscc12. The van der Waals surface area contributed by atoms with Gasteiger partial charge in [-0.25, -0.2) is 9.97 Å². The Balaban J connectivity index is 2.38. The van der Waals surface area contributed by atoms with E-state index in [0.717, 1.165) is 10.9 Å². The van der Waals surface area contributed by atoms with Crippen molar-refractivity contribution in [1.29, 1.82) is 0 Å². The molecule has 2 rings (SSSR count). The van der Waals surface area contributed by atoms with E-state index in [1.807, 2.05) is 10.8 Å². The van der Waals surface area contributed by atoms with Gasteiger partial charge in [-0.1, -0.05) is 0 Å². The first kappa shape index (κ1) is 11.5. The molecule has 0 unspecified atom stereocenters. The van der Waals surface area contributed by atoms with Gasteiger partial charge in [0.15, 0.2) is 0 Å². The van der Waals surface area contributed by atoms with Crippen molar-refractivity contribution in [1.82, 2.24) is 9.97 Å². The highest BCUT2D eigenvalue weighted by Crippen LogP contribution is 2.25. The molecule has 3 N–H and O–H groups in total. The molecule has 16 heavy (non-hydrogen) atoms. The fraction of sp³-hybridized carbons (Fsp3) is 0.333. The number of fused-ring (bicyclic) bond motifs is 1. The summed E-state index contributed by atoms with van der Waals surface area (Å²) >= 11 is 7.26. The van der Waals surface area contributed by atoms with Crippen LogP contribution in [0.5, 0.6) is 0 Å². The second-order valence-electron chi connectivity index (χ2n) is 3.22. The predicted octanol–water partition coefficient (Wildman–Crippen LogP) is 1.11. The van der Waals surface area contributed by atoms with Gasteiger partial charge in [-0.2, -0.15) is 0 Å². The third kappa shape index (κ3) is 2.25. The molecule has 0 bridgehead atoms. The third-order valence-electron chi connectivity index (χ3n) is 2.10. The summed E-state index contributed by atoms with van der Waals surface area (Å²) in [5.41, 5.74) is 0.752. The Morgan fingerprint density at radius 1 is 1.31 bits per heavy atom. The zero-order chi connectivity index (χ0) is 11.5. The van der Waals surface area contributed by atoms with E-state index in [2.05, 4.69) is 15.3 Å². The number of nitrogens with one attached hydrogen (secondary N) is 1. The second kappa shape index (κ2) is 4.92. The van der Waals surface area contributed by atoms with Gasteiger partial charge in [-0.05, 0) is 11.6 Å². The largest absolute Gasteiger partial charge is 0.394 e. The molecular weight excluding hydrogens is 250 g/mol. The van der Waals surface area contributed by atoms with Gasteiger partial charge < -0.3 is 15.5 Å². The fourth-order valence-corrected chi connectivity index (χ4v) is 2.20. The Kier molecular flexibility index (Phi) is 3.55. The maximum absolute atomic E-state index is 8.98. The van der Waals surface area contributed by atoms with Crippen LogP contribution in [0.2, 0.25) is 5.28 Å². The molecule has 0 saturated heterocycles. The molecule has 0 aliphatic carbocycles. The number of rotatable bonds is 4. The lowest BCUT2D eigenvalue weighted by Gasteiger charge is -2.14. The molecule has 5 nitrogen and oxygen atoms in total. The summed E-state index contributed by atoms with van der Waals surface area (Å²) < 4.78 is 0. The number of aliphatic hydroxyl groups excluding tert-OH is 2. The molecule has 2 heterocycles. The maximum Gasteiger partial charge on any atom is 0.224 e. The van der Waals surface area contributed by atoms with E-state index in [-0.39, 0.29) is 18.5 Å². The number of thiophene rings is 1. The Bertz CT molecular complexity index is 487. The molecule has 0 spiro atoms. The van der Waals surface area contributed by atoms with Crippen LogP contribution in [0, 0.1) is 0 Å². The van der Waals surface area contributed by atoms with Gasteiger partial charge in [-0.3, -0.25) is 0 Å². The lowest BCUT2D eigenvalue weighted by molar-refractivity contribution is 0.203. The Hall–Kier alpha value is -0.950.